The lowest BCUT2D eigenvalue weighted by molar-refractivity contribution is 0.0324. The first-order valence-electron chi connectivity index (χ1n) is 15.9. The van der Waals surface area contributed by atoms with Gasteiger partial charge in [-0.15, -0.1) is 0 Å². The average Bonchev–Trinajstić information content (AvgIpc) is 3.44. The normalized spacial score (nSPS) is 15.9. The molecule has 7 nitrogen and oxygen atoms in total. The smallest absolute Gasteiger partial charge is 0.173 e. The molecule has 0 aliphatic heterocycles. The van der Waals surface area contributed by atoms with Crippen LogP contribution in [0.1, 0.15) is 42.3 Å². The summed E-state index contributed by atoms with van der Waals surface area (Å²) in [4.78, 5) is 7.02. The molecule has 0 amide bonds. The summed E-state index contributed by atoms with van der Waals surface area (Å²) >= 11 is 7.59. The van der Waals surface area contributed by atoms with E-state index in [-0.39, 0.29) is 36.1 Å². The molecule has 48 heavy (non-hydrogen) atoms. The van der Waals surface area contributed by atoms with E-state index in [9.17, 15) is 4.39 Å². The fourth-order valence-corrected chi connectivity index (χ4v) is 7.09. The monoisotopic (exact) mass is 703 g/mol. The van der Waals surface area contributed by atoms with Crippen molar-refractivity contribution in [1.82, 2.24) is 14.5 Å². The Morgan fingerprint density at radius 3 is 2.31 bits per heavy atom. The summed E-state index contributed by atoms with van der Waals surface area (Å²) in [7, 11) is 5.53. The molecule has 1 aliphatic carbocycles. The highest BCUT2D eigenvalue weighted by molar-refractivity contribution is 7.98. The second kappa shape index (κ2) is 16.5. The molecule has 1 heterocycles. The number of methoxy groups -OCH3 is 1. The number of halogens is 4. The predicted octanol–water partition coefficient (Wildman–Crippen LogP) is 7.86. The molecule has 0 spiro atoms. The highest BCUT2D eigenvalue weighted by Crippen LogP contribution is 2.47. The molecule has 3 aromatic carbocycles. The lowest BCUT2D eigenvalue weighted by Gasteiger charge is -2.36. The van der Waals surface area contributed by atoms with Crippen LogP contribution in [0.3, 0.4) is 0 Å². The summed E-state index contributed by atoms with van der Waals surface area (Å²) in [5.41, 5.74) is 2.94. The summed E-state index contributed by atoms with van der Waals surface area (Å²) in [5.74, 6) is -1.16. The van der Waals surface area contributed by atoms with Crippen LogP contribution in [0.5, 0.6) is 11.5 Å². The zero-order valence-electron chi connectivity index (χ0n) is 27.7. The average molecular weight is 704 g/mol. The molecule has 0 saturated heterocycles. The van der Waals surface area contributed by atoms with E-state index in [4.69, 9.17) is 35.5 Å². The van der Waals surface area contributed by atoms with E-state index < -0.39 is 17.0 Å². The van der Waals surface area contributed by atoms with Crippen LogP contribution in [0.25, 0.3) is 5.69 Å². The second-order valence-corrected chi connectivity index (χ2v) is 13.4. The number of hydrogen-bond acceptors (Lipinski definition) is 7. The van der Waals surface area contributed by atoms with Gasteiger partial charge in [-0.05, 0) is 82.2 Å². The Morgan fingerprint density at radius 1 is 0.938 bits per heavy atom. The van der Waals surface area contributed by atoms with Gasteiger partial charge >= 0.3 is 0 Å². The predicted molar refractivity (Wildman–Crippen MR) is 183 cm³/mol. The molecule has 1 atom stereocenters. The standard InChI is InChI=1S/C36H41ClF3N3O4S/c1-36(24-7-12-29(37)33(20-24)44-4)13-5-6-32-34(36)43(26-10-8-25(38)9-11-26)35(41-32)48-23-28-30(39)21-27(22-31(28)40)47-19-18-46-17-16-45-15-14-42(2)3/h7-12,20-22H,5-6,13-19,23H2,1-4H3. The van der Waals surface area contributed by atoms with Crippen molar-refractivity contribution in [2.24, 2.45) is 0 Å². The molecule has 0 fully saturated rings. The molecule has 1 aromatic heterocycles. The number of rotatable bonds is 16. The van der Waals surface area contributed by atoms with Gasteiger partial charge in [0.05, 0.1) is 49.9 Å². The van der Waals surface area contributed by atoms with E-state index in [2.05, 4.69) is 6.92 Å². The maximum absolute atomic E-state index is 15.3. The lowest BCUT2D eigenvalue weighted by Crippen LogP contribution is -2.31. The van der Waals surface area contributed by atoms with Gasteiger partial charge in [0.25, 0.3) is 0 Å². The van der Waals surface area contributed by atoms with Gasteiger partial charge < -0.3 is 23.8 Å². The largest absolute Gasteiger partial charge is 0.495 e. The molecule has 0 saturated carbocycles. The first-order chi connectivity index (χ1) is 23.1. The van der Waals surface area contributed by atoms with Crippen LogP contribution in [-0.2, 0) is 27.1 Å². The number of benzene rings is 3. The number of likely N-dealkylation sites (N-methyl/N-ethyl adjacent to an activating group) is 1. The minimum atomic E-state index is -0.713. The first kappa shape index (κ1) is 36.1. The number of hydrogen-bond donors (Lipinski definition) is 0. The Kier molecular flexibility index (Phi) is 12.4. The van der Waals surface area contributed by atoms with Crippen LogP contribution in [-0.4, -0.2) is 75.2 Å². The third-order valence-corrected chi connectivity index (χ3v) is 9.69. The minimum Gasteiger partial charge on any atom is -0.495 e. The van der Waals surface area contributed by atoms with Gasteiger partial charge in [0.1, 0.15) is 35.6 Å². The van der Waals surface area contributed by atoms with Gasteiger partial charge in [-0.25, -0.2) is 18.2 Å². The van der Waals surface area contributed by atoms with Crippen LogP contribution >= 0.6 is 23.4 Å². The fourth-order valence-electron chi connectivity index (χ4n) is 5.85. The lowest BCUT2D eigenvalue weighted by atomic mass is 9.71. The van der Waals surface area contributed by atoms with E-state index in [1.54, 1.807) is 19.2 Å². The number of thioether (sulfide) groups is 1. The zero-order chi connectivity index (χ0) is 34.3. The van der Waals surface area contributed by atoms with E-state index in [0.29, 0.717) is 41.4 Å². The van der Waals surface area contributed by atoms with E-state index in [1.807, 2.05) is 41.8 Å². The van der Waals surface area contributed by atoms with Crippen molar-refractivity contribution in [3.05, 3.63) is 99.6 Å². The third-order valence-electron chi connectivity index (χ3n) is 8.42. The van der Waals surface area contributed by atoms with Crippen molar-refractivity contribution in [2.75, 3.05) is 60.8 Å². The number of aryl methyl sites for hydroxylation is 1. The van der Waals surface area contributed by atoms with E-state index in [1.165, 1.54) is 36.0 Å². The molecular formula is C36H41ClF3N3O4S. The van der Waals surface area contributed by atoms with Crippen LogP contribution in [0.15, 0.2) is 59.8 Å². The maximum Gasteiger partial charge on any atom is 0.173 e. The number of nitrogens with zero attached hydrogens (tertiary/aromatic N) is 3. The molecule has 1 aliphatic rings. The Hall–Kier alpha value is -3.22. The number of fused-ring (bicyclic) bond motifs is 1. The molecule has 4 aromatic rings. The van der Waals surface area contributed by atoms with Gasteiger partial charge in [0, 0.05) is 41.1 Å². The molecule has 258 valence electrons. The minimum absolute atomic E-state index is 0.0164. The SMILES string of the molecule is COc1cc(C2(C)CCCc3nc(SCc4c(F)cc(OCCOCCOCCN(C)C)cc4F)n(-c4ccc(F)cc4)c32)ccc1Cl. The van der Waals surface area contributed by atoms with Crippen molar-refractivity contribution < 1.29 is 32.1 Å². The van der Waals surface area contributed by atoms with Crippen molar-refractivity contribution in [3.63, 3.8) is 0 Å². The van der Waals surface area contributed by atoms with Gasteiger partial charge in [0.2, 0.25) is 0 Å². The third kappa shape index (κ3) is 8.49. The molecular weight excluding hydrogens is 663 g/mol. The quantitative estimate of drug-likeness (QED) is 0.0870. The van der Waals surface area contributed by atoms with E-state index in [0.717, 1.165) is 42.8 Å². The Labute approximate surface area is 289 Å². The maximum atomic E-state index is 15.3. The van der Waals surface area contributed by atoms with Crippen molar-refractivity contribution in [3.8, 4) is 17.2 Å². The summed E-state index contributed by atoms with van der Waals surface area (Å²) in [5, 5.41) is 1.07. The Morgan fingerprint density at radius 2 is 1.62 bits per heavy atom. The summed E-state index contributed by atoms with van der Waals surface area (Å²) in [6.45, 7) is 4.85. The number of imidazole rings is 1. The van der Waals surface area contributed by atoms with Crippen molar-refractivity contribution in [2.45, 2.75) is 42.5 Å². The van der Waals surface area contributed by atoms with Gasteiger partial charge in [-0.1, -0.05) is 29.4 Å². The zero-order valence-corrected chi connectivity index (χ0v) is 29.2. The second-order valence-electron chi connectivity index (χ2n) is 12.1. The molecule has 0 bridgehead atoms. The van der Waals surface area contributed by atoms with Gasteiger partial charge in [0.15, 0.2) is 5.16 Å². The number of aromatic nitrogens is 2. The number of ether oxygens (including phenoxy) is 4. The van der Waals surface area contributed by atoms with Crippen LogP contribution in [0.4, 0.5) is 13.2 Å². The molecule has 1 unspecified atom stereocenters. The van der Waals surface area contributed by atoms with E-state index >= 15 is 8.78 Å². The Balaban J connectivity index is 1.33. The summed E-state index contributed by atoms with van der Waals surface area (Å²) in [6, 6.07) is 14.3. The summed E-state index contributed by atoms with van der Waals surface area (Å²) in [6.07, 6.45) is 2.45. The van der Waals surface area contributed by atoms with Crippen molar-refractivity contribution >= 4 is 23.4 Å². The Bertz CT molecular complexity index is 1660. The molecule has 12 heteroatoms. The highest BCUT2D eigenvalue weighted by Gasteiger charge is 2.40. The fraction of sp³-hybridized carbons (Fsp3) is 0.417. The highest BCUT2D eigenvalue weighted by atomic mass is 35.5. The van der Waals surface area contributed by atoms with Crippen molar-refractivity contribution in [1.29, 1.82) is 0 Å². The first-order valence-corrected chi connectivity index (χ1v) is 17.2. The summed E-state index contributed by atoms with van der Waals surface area (Å²) < 4.78 is 68.6. The van der Waals surface area contributed by atoms with Gasteiger partial charge in [-0.3, -0.25) is 4.57 Å². The topological polar surface area (TPSA) is 58.0 Å². The van der Waals surface area contributed by atoms with Crippen LogP contribution in [0, 0.1) is 17.5 Å². The molecule has 0 radical (unpaired) electrons. The molecule has 5 rings (SSSR count). The van der Waals surface area contributed by atoms with Gasteiger partial charge in [-0.2, -0.15) is 0 Å². The van der Waals surface area contributed by atoms with Crippen LogP contribution < -0.4 is 9.47 Å². The van der Waals surface area contributed by atoms with Crippen LogP contribution in [0.2, 0.25) is 5.02 Å². The molecule has 0 N–H and O–H groups in total.